The van der Waals surface area contributed by atoms with Crippen LogP contribution in [0.25, 0.3) is 27.8 Å². The number of aromatic nitrogens is 4. The van der Waals surface area contributed by atoms with Gasteiger partial charge in [-0.3, -0.25) is 9.48 Å². The summed E-state index contributed by atoms with van der Waals surface area (Å²) in [6, 6.07) is 3.30. The Hall–Kier alpha value is -2.82. The Bertz CT molecular complexity index is 1350. The second-order valence-corrected chi connectivity index (χ2v) is 9.93. The van der Waals surface area contributed by atoms with Gasteiger partial charge in [-0.15, -0.1) is 11.3 Å². The molecule has 1 aliphatic carbocycles. The van der Waals surface area contributed by atoms with Crippen molar-refractivity contribution in [2.75, 3.05) is 0 Å². The topological polar surface area (TPSA) is 90.2 Å². The number of amides is 1. The summed E-state index contributed by atoms with van der Waals surface area (Å²) in [5, 5.41) is 11.1. The standard InChI is InChI=1S/C22H21ClF2N6OS/c1-30-10-13(8-27-30)12-4-5-17-15(9-28-31(17)11-12)14-7-18(33-20(14)23)21(32)29-19-16(26)3-2-6-22(19,24)25/h4-5,7-11,16,19H,2-3,6,26H2,1H3,(H,29,32). The van der Waals surface area contributed by atoms with Crippen molar-refractivity contribution in [2.24, 2.45) is 12.8 Å². The number of pyridine rings is 1. The Morgan fingerprint density at radius 3 is 2.79 bits per heavy atom. The van der Waals surface area contributed by atoms with Gasteiger partial charge in [0.15, 0.2) is 0 Å². The van der Waals surface area contributed by atoms with Crippen LogP contribution < -0.4 is 11.1 Å². The Balaban J connectivity index is 1.43. The minimum Gasteiger partial charge on any atom is -0.341 e. The lowest BCUT2D eigenvalue weighted by Crippen LogP contribution is -2.59. The Morgan fingerprint density at radius 1 is 1.24 bits per heavy atom. The number of carbonyl (C=O) groups is 1. The van der Waals surface area contributed by atoms with E-state index in [1.165, 1.54) is 0 Å². The van der Waals surface area contributed by atoms with Gasteiger partial charge in [-0.1, -0.05) is 17.7 Å². The van der Waals surface area contributed by atoms with Crippen LogP contribution in [-0.2, 0) is 7.05 Å². The van der Waals surface area contributed by atoms with Crippen LogP contribution >= 0.6 is 22.9 Å². The van der Waals surface area contributed by atoms with E-state index in [0.29, 0.717) is 22.7 Å². The van der Waals surface area contributed by atoms with E-state index in [1.54, 1.807) is 27.7 Å². The molecule has 5 rings (SSSR count). The van der Waals surface area contributed by atoms with Gasteiger partial charge in [0.25, 0.3) is 11.8 Å². The van der Waals surface area contributed by atoms with E-state index in [9.17, 15) is 13.6 Å². The fraction of sp³-hybridized carbons (Fsp3) is 0.318. The minimum atomic E-state index is -3.04. The molecule has 4 heterocycles. The van der Waals surface area contributed by atoms with Crippen LogP contribution in [0.2, 0.25) is 4.34 Å². The number of nitrogens with one attached hydrogen (secondary N) is 1. The molecule has 7 nitrogen and oxygen atoms in total. The molecular formula is C22H21ClF2N6OS. The summed E-state index contributed by atoms with van der Waals surface area (Å²) < 4.78 is 32.4. The van der Waals surface area contributed by atoms with E-state index in [0.717, 1.165) is 33.5 Å². The third-order valence-electron chi connectivity index (χ3n) is 5.97. The lowest BCUT2D eigenvalue weighted by molar-refractivity contribution is -0.0674. The second-order valence-electron chi connectivity index (χ2n) is 8.27. The lowest BCUT2D eigenvalue weighted by atomic mass is 9.87. The number of alkyl halides is 2. The zero-order chi connectivity index (χ0) is 23.3. The van der Waals surface area contributed by atoms with E-state index >= 15 is 0 Å². The molecule has 0 aromatic carbocycles. The van der Waals surface area contributed by atoms with Crippen LogP contribution in [-0.4, -0.2) is 43.3 Å². The first kappa shape index (κ1) is 22.0. The zero-order valence-electron chi connectivity index (χ0n) is 17.6. The maximum absolute atomic E-state index is 14.3. The number of hydrogen-bond acceptors (Lipinski definition) is 5. The van der Waals surface area contributed by atoms with Gasteiger partial charge >= 0.3 is 0 Å². The highest BCUT2D eigenvalue weighted by Crippen LogP contribution is 2.39. The second kappa shape index (κ2) is 8.19. The van der Waals surface area contributed by atoms with Gasteiger partial charge in [-0.2, -0.15) is 10.2 Å². The van der Waals surface area contributed by atoms with Crippen molar-refractivity contribution in [3.05, 3.63) is 52.2 Å². The molecular weight excluding hydrogens is 470 g/mol. The summed E-state index contributed by atoms with van der Waals surface area (Å²) in [6.07, 6.45) is 7.74. The molecule has 4 aromatic heterocycles. The van der Waals surface area contributed by atoms with Crippen molar-refractivity contribution in [3.63, 3.8) is 0 Å². The van der Waals surface area contributed by atoms with Crippen LogP contribution in [0.1, 0.15) is 28.9 Å². The van der Waals surface area contributed by atoms with Crippen molar-refractivity contribution >= 4 is 34.4 Å². The number of fused-ring (bicyclic) bond motifs is 1. The number of nitrogens with two attached hydrogens (primary N) is 1. The highest BCUT2D eigenvalue weighted by atomic mass is 35.5. The third-order valence-corrected chi connectivity index (χ3v) is 7.33. The van der Waals surface area contributed by atoms with Gasteiger partial charge in [-0.05, 0) is 25.0 Å². The highest BCUT2D eigenvalue weighted by molar-refractivity contribution is 7.18. The van der Waals surface area contributed by atoms with E-state index in [1.807, 2.05) is 31.6 Å². The highest BCUT2D eigenvalue weighted by Gasteiger charge is 2.46. The first-order valence-corrected chi connectivity index (χ1v) is 11.6. The normalized spacial score (nSPS) is 20.3. The van der Waals surface area contributed by atoms with E-state index in [-0.39, 0.29) is 11.3 Å². The molecule has 11 heteroatoms. The van der Waals surface area contributed by atoms with Gasteiger partial charge in [0.2, 0.25) is 0 Å². The van der Waals surface area contributed by atoms with Crippen LogP contribution in [0.15, 0.2) is 43.0 Å². The fourth-order valence-corrected chi connectivity index (χ4v) is 5.44. The first-order chi connectivity index (χ1) is 15.7. The maximum Gasteiger partial charge on any atom is 0.269 e. The van der Waals surface area contributed by atoms with Crippen molar-refractivity contribution in [2.45, 2.75) is 37.3 Å². The van der Waals surface area contributed by atoms with Gasteiger partial charge in [0.1, 0.15) is 10.4 Å². The summed E-state index contributed by atoms with van der Waals surface area (Å²) in [5.41, 5.74) is 9.95. The predicted octanol–water partition coefficient (Wildman–Crippen LogP) is 4.36. The number of rotatable bonds is 4. The molecule has 0 spiro atoms. The van der Waals surface area contributed by atoms with Crippen molar-refractivity contribution in [1.29, 1.82) is 0 Å². The largest absolute Gasteiger partial charge is 0.341 e. The van der Waals surface area contributed by atoms with Gasteiger partial charge in [0.05, 0.1) is 22.8 Å². The van der Waals surface area contributed by atoms with Gasteiger partial charge in [0, 0.05) is 54.2 Å². The molecule has 0 bridgehead atoms. The van der Waals surface area contributed by atoms with Crippen molar-refractivity contribution in [1.82, 2.24) is 24.7 Å². The van der Waals surface area contributed by atoms with Crippen LogP contribution in [0.5, 0.6) is 0 Å². The Morgan fingerprint density at radius 2 is 2.06 bits per heavy atom. The summed E-state index contributed by atoms with van der Waals surface area (Å²) in [4.78, 5) is 13.0. The molecule has 3 N–H and O–H groups in total. The molecule has 4 aromatic rings. The monoisotopic (exact) mass is 490 g/mol. The molecule has 0 saturated heterocycles. The number of hydrogen-bond donors (Lipinski definition) is 2. The Labute approximate surface area is 197 Å². The molecule has 2 atom stereocenters. The van der Waals surface area contributed by atoms with E-state index < -0.39 is 23.9 Å². The molecule has 1 aliphatic rings. The lowest BCUT2D eigenvalue weighted by Gasteiger charge is -2.36. The molecule has 1 saturated carbocycles. The molecule has 172 valence electrons. The average molecular weight is 491 g/mol. The van der Waals surface area contributed by atoms with Gasteiger partial charge in [-0.25, -0.2) is 13.3 Å². The van der Waals surface area contributed by atoms with Crippen LogP contribution in [0, 0.1) is 0 Å². The quantitative estimate of drug-likeness (QED) is 0.444. The fourth-order valence-electron chi connectivity index (χ4n) is 4.23. The van der Waals surface area contributed by atoms with Crippen LogP contribution in [0.4, 0.5) is 8.78 Å². The zero-order valence-corrected chi connectivity index (χ0v) is 19.2. The number of aryl methyl sites for hydroxylation is 1. The van der Waals surface area contributed by atoms with Crippen molar-refractivity contribution < 1.29 is 13.6 Å². The molecule has 2 unspecified atom stereocenters. The van der Waals surface area contributed by atoms with Crippen molar-refractivity contribution in [3.8, 4) is 22.3 Å². The Kier molecular flexibility index (Phi) is 5.46. The molecule has 33 heavy (non-hydrogen) atoms. The molecule has 0 aliphatic heterocycles. The maximum atomic E-state index is 14.3. The molecule has 0 radical (unpaired) electrons. The van der Waals surface area contributed by atoms with E-state index in [2.05, 4.69) is 15.5 Å². The van der Waals surface area contributed by atoms with Gasteiger partial charge < -0.3 is 11.1 Å². The average Bonchev–Trinajstić information content (AvgIpc) is 3.48. The first-order valence-electron chi connectivity index (χ1n) is 10.4. The minimum absolute atomic E-state index is 0.245. The summed E-state index contributed by atoms with van der Waals surface area (Å²) in [5.74, 6) is -3.64. The third kappa shape index (κ3) is 4.03. The number of halogens is 3. The number of thiophene rings is 1. The predicted molar refractivity (Wildman–Crippen MR) is 124 cm³/mol. The number of carbonyl (C=O) groups excluding carboxylic acids is 1. The summed E-state index contributed by atoms with van der Waals surface area (Å²) >= 11 is 7.50. The summed E-state index contributed by atoms with van der Waals surface area (Å²) in [7, 11) is 1.85. The molecule has 1 fully saturated rings. The van der Waals surface area contributed by atoms with Crippen LogP contribution in [0.3, 0.4) is 0 Å². The van der Waals surface area contributed by atoms with E-state index in [4.69, 9.17) is 17.3 Å². The molecule has 1 amide bonds. The smallest absolute Gasteiger partial charge is 0.269 e. The summed E-state index contributed by atoms with van der Waals surface area (Å²) in [6.45, 7) is 0. The number of nitrogens with zero attached hydrogens (tertiary/aromatic N) is 4. The SMILES string of the molecule is Cn1cc(-c2ccc3c(-c4cc(C(=O)NC5C(N)CCCC5(F)F)sc4Cl)cnn3c2)cn1.